The lowest BCUT2D eigenvalue weighted by atomic mass is 9.80. The summed E-state index contributed by atoms with van der Waals surface area (Å²) in [7, 11) is 2.04. The first-order valence-electron chi connectivity index (χ1n) is 14.3. The third-order valence-corrected chi connectivity index (χ3v) is 8.09. The Labute approximate surface area is 253 Å². The molecule has 44 heavy (non-hydrogen) atoms. The van der Waals surface area contributed by atoms with E-state index in [1.54, 1.807) is 24.8 Å². The molecule has 0 saturated carbocycles. The molecule has 1 atom stereocenters. The highest BCUT2D eigenvalue weighted by molar-refractivity contribution is 5.98. The molecule has 15 heteroatoms. The Morgan fingerprint density at radius 3 is 2.11 bits per heavy atom. The molecule has 2 amide bonds. The van der Waals surface area contributed by atoms with Gasteiger partial charge in [0.15, 0.2) is 0 Å². The number of piperazine rings is 1. The van der Waals surface area contributed by atoms with E-state index >= 15 is 4.39 Å². The minimum Gasteiger partial charge on any atom is -0.542 e. The van der Waals surface area contributed by atoms with Crippen molar-refractivity contribution in [2.45, 2.75) is 58.7 Å². The van der Waals surface area contributed by atoms with Crippen molar-refractivity contribution in [3.63, 3.8) is 0 Å². The average molecular weight is 632 g/mol. The number of nitrogens with zero attached hydrogens (tertiary/aromatic N) is 3. The Morgan fingerprint density at radius 2 is 1.66 bits per heavy atom. The van der Waals surface area contributed by atoms with Gasteiger partial charge in [0, 0.05) is 38.6 Å². The Bertz CT molecular complexity index is 1240. The van der Waals surface area contributed by atoms with Gasteiger partial charge in [-0.2, -0.15) is 13.2 Å². The van der Waals surface area contributed by atoms with Gasteiger partial charge in [-0.05, 0) is 64.3 Å². The number of amides is 2. The second kappa shape index (κ2) is 15.3. The third-order valence-electron chi connectivity index (χ3n) is 8.09. The Kier molecular flexibility index (Phi) is 12.7. The number of aliphatic carboxylic acids is 2. The number of carbonyl (C=O) groups excluding carboxylic acids is 3. The summed E-state index contributed by atoms with van der Waals surface area (Å²) in [5.74, 6) is -4.60. The maximum atomic E-state index is 15.0. The summed E-state index contributed by atoms with van der Waals surface area (Å²) in [6.07, 6.45) is -3.31. The van der Waals surface area contributed by atoms with E-state index in [2.05, 4.69) is 10.2 Å². The quantitative estimate of drug-likeness (QED) is 0.218. The van der Waals surface area contributed by atoms with Crippen LogP contribution in [0.2, 0.25) is 0 Å². The molecule has 0 spiro atoms. The number of carboxylic acid groups (broad SMARTS) is 2. The van der Waals surface area contributed by atoms with Crippen LogP contribution in [0.4, 0.5) is 17.6 Å². The van der Waals surface area contributed by atoms with Crippen LogP contribution in [0, 0.1) is 17.2 Å². The molecule has 2 saturated heterocycles. The monoisotopic (exact) mass is 631 g/mol. The van der Waals surface area contributed by atoms with Gasteiger partial charge >= 0.3 is 12.1 Å². The van der Waals surface area contributed by atoms with Crippen LogP contribution in [-0.4, -0.2) is 108 Å². The van der Waals surface area contributed by atoms with E-state index in [4.69, 9.17) is 20.7 Å². The molecular formula is C29H41F4N5O6. The molecule has 0 bridgehead atoms. The number of likely N-dealkylation sites (tertiary alicyclic amines) is 1. The largest absolute Gasteiger partial charge is 0.542 e. The number of hydrogen-bond donors (Lipinski definition) is 3. The summed E-state index contributed by atoms with van der Waals surface area (Å²) in [5, 5.41) is 20.7. The summed E-state index contributed by atoms with van der Waals surface area (Å²) in [4.78, 5) is 50.2. The zero-order chi connectivity index (χ0) is 33.4. The van der Waals surface area contributed by atoms with Gasteiger partial charge in [0.1, 0.15) is 11.8 Å². The van der Waals surface area contributed by atoms with Crippen LogP contribution in [0.15, 0.2) is 18.2 Å². The Hall–Kier alpha value is -3.75. The van der Waals surface area contributed by atoms with Gasteiger partial charge in [-0.25, -0.2) is 4.39 Å². The normalized spacial score (nSPS) is 17.3. The van der Waals surface area contributed by atoms with Crippen molar-refractivity contribution in [3.05, 3.63) is 35.1 Å². The molecule has 4 N–H and O–H groups in total. The van der Waals surface area contributed by atoms with Gasteiger partial charge in [0.05, 0.1) is 29.6 Å². The second-order valence-corrected chi connectivity index (χ2v) is 11.6. The fraction of sp³-hybridized carbons (Fsp3) is 0.621. The van der Waals surface area contributed by atoms with Crippen LogP contribution in [0.5, 0.6) is 0 Å². The average Bonchev–Trinajstić information content (AvgIpc) is 2.95. The number of nitrogens with two attached hydrogens (primary N) is 1. The van der Waals surface area contributed by atoms with Crippen molar-refractivity contribution >= 4 is 29.6 Å². The molecule has 0 aliphatic carbocycles. The Balaban J connectivity index is 0.000000860. The lowest BCUT2D eigenvalue weighted by molar-refractivity contribution is -0.539. The highest BCUT2D eigenvalue weighted by Gasteiger charge is 2.41. The molecule has 0 radical (unpaired) electrons. The van der Waals surface area contributed by atoms with Gasteiger partial charge in [0.2, 0.25) is 5.91 Å². The molecule has 1 unspecified atom stereocenters. The van der Waals surface area contributed by atoms with Crippen LogP contribution in [0.25, 0.3) is 0 Å². The minimum atomic E-state index is -5.19. The van der Waals surface area contributed by atoms with Gasteiger partial charge in [0.25, 0.3) is 11.7 Å². The predicted octanol–water partition coefficient (Wildman–Crippen LogP) is 1.04. The van der Waals surface area contributed by atoms with Crippen LogP contribution < -0.4 is 16.2 Å². The number of likely N-dealkylation sites (N-methyl/N-ethyl adjacent to an activating group) is 1. The van der Waals surface area contributed by atoms with Crippen molar-refractivity contribution < 1.29 is 51.5 Å². The summed E-state index contributed by atoms with van der Waals surface area (Å²) in [5.41, 5.74) is 5.82. The highest BCUT2D eigenvalue weighted by Crippen LogP contribution is 2.30. The zero-order valence-corrected chi connectivity index (χ0v) is 25.4. The number of piperidine rings is 1. The number of carbonyl (C=O) groups is 4. The number of hydrogen-bond acceptors (Lipinski definition) is 6. The first-order valence-corrected chi connectivity index (χ1v) is 14.3. The first-order chi connectivity index (χ1) is 20.4. The fourth-order valence-electron chi connectivity index (χ4n) is 5.26. The summed E-state index contributed by atoms with van der Waals surface area (Å²) in [6, 6.07) is 3.88. The van der Waals surface area contributed by atoms with Gasteiger partial charge < -0.3 is 25.2 Å². The third kappa shape index (κ3) is 9.89. The van der Waals surface area contributed by atoms with E-state index < -0.39 is 41.3 Å². The molecule has 0 aromatic heterocycles. The van der Waals surface area contributed by atoms with Crippen LogP contribution in [-0.2, 0) is 14.4 Å². The van der Waals surface area contributed by atoms with E-state index in [9.17, 15) is 27.6 Å². The van der Waals surface area contributed by atoms with E-state index in [-0.39, 0.29) is 23.8 Å². The second-order valence-electron chi connectivity index (χ2n) is 11.6. The van der Waals surface area contributed by atoms with Crippen molar-refractivity contribution in [2.75, 3.05) is 46.3 Å². The van der Waals surface area contributed by atoms with E-state index in [0.29, 0.717) is 43.8 Å². The molecule has 2 heterocycles. The van der Waals surface area contributed by atoms with Gasteiger partial charge in [-0.3, -0.25) is 29.6 Å². The number of nitrogens with one attached hydrogen (secondary N) is 1. The standard InChI is InChI=1S/C27H40FN5O4.C2HF3O2/c1-5-22(27(2,3)26(37)33-10-8-18(9-11-33)16-23(34)35)30-25(36)20-7-6-19(17-21(20)28)24(29)32-14-12-31(4)13-15-32;3-2(4,5)1(6)7/h6-7,17-18,22,29H,5,8-16H2,1-4H3,(H2,30,34,35,36);(H,6,7). The molecule has 2 fully saturated rings. The molecule has 2 aliphatic heterocycles. The van der Waals surface area contributed by atoms with E-state index in [0.717, 1.165) is 26.2 Å². The predicted molar refractivity (Wildman–Crippen MR) is 150 cm³/mol. The lowest BCUT2D eigenvalue weighted by Crippen LogP contribution is -2.54. The number of rotatable bonds is 8. The molecule has 2 aliphatic rings. The van der Waals surface area contributed by atoms with Crippen molar-refractivity contribution in [1.82, 2.24) is 15.1 Å². The maximum absolute atomic E-state index is 15.0. The smallest absolute Gasteiger partial charge is 0.430 e. The minimum absolute atomic E-state index is 0.0693. The number of halogens is 4. The molecule has 246 valence electrons. The van der Waals surface area contributed by atoms with Crippen LogP contribution >= 0.6 is 0 Å². The molecule has 1 aromatic rings. The Morgan fingerprint density at radius 1 is 1.11 bits per heavy atom. The van der Waals surface area contributed by atoms with Crippen molar-refractivity contribution in [2.24, 2.45) is 17.1 Å². The number of amidine groups is 1. The topological polar surface area (TPSA) is 159 Å². The number of alkyl halides is 3. The lowest BCUT2D eigenvalue weighted by Gasteiger charge is -2.40. The summed E-state index contributed by atoms with van der Waals surface area (Å²) >= 11 is 0. The van der Waals surface area contributed by atoms with Crippen molar-refractivity contribution in [3.8, 4) is 0 Å². The first kappa shape index (κ1) is 36.4. The number of benzene rings is 1. The maximum Gasteiger partial charge on any atom is 0.430 e. The van der Waals surface area contributed by atoms with Gasteiger partial charge in [-0.15, -0.1) is 0 Å². The molecular weight excluding hydrogens is 590 g/mol. The number of carboxylic acids is 2. The molecule has 1 aromatic carbocycles. The van der Waals surface area contributed by atoms with Gasteiger partial charge in [-0.1, -0.05) is 6.92 Å². The van der Waals surface area contributed by atoms with Crippen molar-refractivity contribution in [1.29, 1.82) is 0 Å². The van der Waals surface area contributed by atoms with E-state index in [1.165, 1.54) is 12.1 Å². The van der Waals surface area contributed by atoms with Crippen LogP contribution in [0.1, 0.15) is 62.4 Å². The van der Waals surface area contributed by atoms with E-state index in [1.807, 2.05) is 18.5 Å². The zero-order valence-electron chi connectivity index (χ0n) is 25.4. The highest BCUT2D eigenvalue weighted by atomic mass is 19.4. The SMILES string of the molecule is CCC(NC(=O)c1ccc(C(N)=[N+]2CCN(C)CC2)cc1F)C(C)(C)C(=O)N1CCC(CC(=O)O)CC1.O=C([O-])C(F)(F)F. The van der Waals surface area contributed by atoms with Crippen LogP contribution in [0.3, 0.4) is 0 Å². The summed E-state index contributed by atoms with van der Waals surface area (Å²) in [6.45, 7) is 9.70. The fourth-order valence-corrected chi connectivity index (χ4v) is 5.26. The molecule has 11 nitrogen and oxygen atoms in total. The molecule has 3 rings (SSSR count). The summed E-state index contributed by atoms with van der Waals surface area (Å²) < 4.78 is 48.6.